The van der Waals surface area contributed by atoms with Crippen LogP contribution in [-0.2, 0) is 0 Å². The fraction of sp³-hybridized carbons (Fsp3) is 0.273. The zero-order chi connectivity index (χ0) is 12.3. The standard InChI is InChI=1S/C11H14N4O2/c1-7(14-15-11(12)13)8-2-3-9-10(6-8)17-5-4-16-9/h2-3,6H,4-5H2,1H3,(H4,12,13,15)/b14-7-. The average molecular weight is 234 g/mol. The summed E-state index contributed by atoms with van der Waals surface area (Å²) in [5, 5.41) is 7.50. The number of fused-ring (bicyclic) bond motifs is 1. The highest BCUT2D eigenvalue weighted by atomic mass is 16.6. The number of hydrogen-bond donors (Lipinski definition) is 2. The molecule has 4 N–H and O–H groups in total. The number of nitrogens with two attached hydrogens (primary N) is 2. The molecule has 0 atom stereocenters. The minimum absolute atomic E-state index is 0.0677. The molecule has 0 fully saturated rings. The zero-order valence-corrected chi connectivity index (χ0v) is 9.51. The summed E-state index contributed by atoms with van der Waals surface area (Å²) < 4.78 is 10.9. The highest BCUT2D eigenvalue weighted by Crippen LogP contribution is 2.30. The number of guanidine groups is 1. The first-order valence-electron chi connectivity index (χ1n) is 5.20. The summed E-state index contributed by atoms with van der Waals surface area (Å²) in [6, 6.07) is 5.59. The van der Waals surface area contributed by atoms with Crippen molar-refractivity contribution < 1.29 is 9.47 Å². The van der Waals surface area contributed by atoms with E-state index >= 15 is 0 Å². The summed E-state index contributed by atoms with van der Waals surface area (Å²) in [6.45, 7) is 2.95. The summed E-state index contributed by atoms with van der Waals surface area (Å²) in [6.07, 6.45) is 0. The number of rotatable bonds is 2. The van der Waals surface area contributed by atoms with Gasteiger partial charge in [0.2, 0.25) is 5.96 Å². The van der Waals surface area contributed by atoms with Crippen molar-refractivity contribution in [3.63, 3.8) is 0 Å². The van der Waals surface area contributed by atoms with Gasteiger partial charge in [-0.25, -0.2) is 0 Å². The quantitative estimate of drug-likeness (QED) is 0.441. The maximum atomic E-state index is 5.47. The summed E-state index contributed by atoms with van der Waals surface area (Å²) in [7, 11) is 0. The predicted molar refractivity (Wildman–Crippen MR) is 65.5 cm³/mol. The van der Waals surface area contributed by atoms with E-state index in [2.05, 4.69) is 10.2 Å². The van der Waals surface area contributed by atoms with E-state index in [1.165, 1.54) is 0 Å². The molecule has 2 rings (SSSR count). The molecule has 90 valence electrons. The van der Waals surface area contributed by atoms with Gasteiger partial charge in [-0.1, -0.05) is 0 Å². The third kappa shape index (κ3) is 2.66. The predicted octanol–water partition coefficient (Wildman–Crippen LogP) is 0.455. The van der Waals surface area contributed by atoms with E-state index in [9.17, 15) is 0 Å². The molecule has 0 saturated carbocycles. The van der Waals surface area contributed by atoms with Crippen LogP contribution in [0.2, 0.25) is 0 Å². The topological polar surface area (TPSA) is 95.2 Å². The van der Waals surface area contributed by atoms with Crippen molar-refractivity contribution in [3.05, 3.63) is 23.8 Å². The second-order valence-corrected chi connectivity index (χ2v) is 3.57. The number of benzene rings is 1. The third-order valence-corrected chi connectivity index (χ3v) is 2.28. The molecule has 1 heterocycles. The molecule has 1 aromatic carbocycles. The highest BCUT2D eigenvalue weighted by Gasteiger charge is 2.12. The lowest BCUT2D eigenvalue weighted by molar-refractivity contribution is 0.171. The maximum absolute atomic E-state index is 5.47. The Hall–Kier alpha value is -2.24. The second-order valence-electron chi connectivity index (χ2n) is 3.57. The molecule has 0 unspecified atom stereocenters. The van der Waals surface area contributed by atoms with E-state index in [0.717, 1.165) is 11.3 Å². The van der Waals surface area contributed by atoms with Crippen molar-refractivity contribution in [1.29, 1.82) is 0 Å². The molecule has 0 radical (unpaired) electrons. The second kappa shape index (κ2) is 4.73. The summed E-state index contributed by atoms with van der Waals surface area (Å²) in [4.78, 5) is 0. The van der Waals surface area contributed by atoms with Crippen molar-refractivity contribution in [2.75, 3.05) is 13.2 Å². The SMILES string of the molecule is C/C(=N/N=C(N)N)c1ccc2c(c1)OCCO2. The molecule has 0 bridgehead atoms. The van der Waals surface area contributed by atoms with E-state index in [-0.39, 0.29) is 5.96 Å². The van der Waals surface area contributed by atoms with Gasteiger partial charge < -0.3 is 20.9 Å². The van der Waals surface area contributed by atoms with Crippen molar-refractivity contribution in [2.45, 2.75) is 6.92 Å². The molecule has 17 heavy (non-hydrogen) atoms. The molecule has 1 aromatic rings. The van der Waals surface area contributed by atoms with Crippen LogP contribution in [0.15, 0.2) is 28.4 Å². The number of hydrogen-bond acceptors (Lipinski definition) is 4. The van der Waals surface area contributed by atoms with Crippen LogP contribution in [0.4, 0.5) is 0 Å². The molecule has 0 aliphatic carbocycles. The minimum atomic E-state index is -0.0677. The Labute approximate surface area is 98.9 Å². The Morgan fingerprint density at radius 2 is 1.82 bits per heavy atom. The van der Waals surface area contributed by atoms with Crippen molar-refractivity contribution >= 4 is 11.7 Å². The molecule has 0 spiro atoms. The third-order valence-electron chi connectivity index (χ3n) is 2.28. The van der Waals surface area contributed by atoms with Gasteiger partial charge in [-0.2, -0.15) is 5.10 Å². The fourth-order valence-corrected chi connectivity index (χ4v) is 1.46. The largest absolute Gasteiger partial charge is 0.486 e. The average Bonchev–Trinajstić information content (AvgIpc) is 2.35. The molecule has 0 saturated heterocycles. The molecular weight excluding hydrogens is 220 g/mol. The molecule has 0 amide bonds. The van der Waals surface area contributed by atoms with Crippen molar-refractivity contribution in [3.8, 4) is 11.5 Å². The summed E-state index contributed by atoms with van der Waals surface area (Å²) >= 11 is 0. The monoisotopic (exact) mass is 234 g/mol. The molecule has 0 aromatic heterocycles. The van der Waals surface area contributed by atoms with Gasteiger partial charge in [-0.15, -0.1) is 5.10 Å². The van der Waals surface area contributed by atoms with Crippen molar-refractivity contribution in [2.24, 2.45) is 21.7 Å². The van der Waals surface area contributed by atoms with Gasteiger partial charge in [0.1, 0.15) is 13.2 Å². The Bertz CT molecular complexity index is 478. The van der Waals surface area contributed by atoms with E-state index < -0.39 is 0 Å². The molecular formula is C11H14N4O2. The van der Waals surface area contributed by atoms with E-state index in [1.54, 1.807) is 0 Å². The zero-order valence-electron chi connectivity index (χ0n) is 9.51. The molecule has 1 aliphatic rings. The van der Waals surface area contributed by atoms with Crippen LogP contribution in [0.3, 0.4) is 0 Å². The van der Waals surface area contributed by atoms with Crippen molar-refractivity contribution in [1.82, 2.24) is 0 Å². The van der Waals surface area contributed by atoms with Gasteiger partial charge in [-0.05, 0) is 25.1 Å². The van der Waals surface area contributed by atoms with Crippen LogP contribution in [-0.4, -0.2) is 24.9 Å². The Balaban J connectivity index is 2.28. The van der Waals surface area contributed by atoms with Crippen LogP contribution in [0.5, 0.6) is 11.5 Å². The van der Waals surface area contributed by atoms with Crippen LogP contribution in [0.1, 0.15) is 12.5 Å². The lowest BCUT2D eigenvalue weighted by atomic mass is 10.1. The first-order chi connectivity index (χ1) is 8.16. The van der Waals surface area contributed by atoms with Crippen LogP contribution >= 0.6 is 0 Å². The van der Waals surface area contributed by atoms with Gasteiger partial charge in [0.15, 0.2) is 11.5 Å². The number of nitrogens with zero attached hydrogens (tertiary/aromatic N) is 2. The first kappa shape index (κ1) is 11.3. The van der Waals surface area contributed by atoms with Gasteiger partial charge in [0, 0.05) is 5.56 Å². The molecule has 6 nitrogen and oxygen atoms in total. The summed E-state index contributed by atoms with van der Waals surface area (Å²) in [5.74, 6) is 1.39. The van der Waals surface area contributed by atoms with Gasteiger partial charge in [0.25, 0.3) is 0 Å². The van der Waals surface area contributed by atoms with Crippen LogP contribution < -0.4 is 20.9 Å². The van der Waals surface area contributed by atoms with E-state index in [0.29, 0.717) is 24.7 Å². The lowest BCUT2D eigenvalue weighted by Crippen LogP contribution is -2.22. The Morgan fingerprint density at radius 1 is 1.12 bits per heavy atom. The summed E-state index contributed by atoms with van der Waals surface area (Å²) in [5.41, 5.74) is 12.0. The lowest BCUT2D eigenvalue weighted by Gasteiger charge is -2.18. The van der Waals surface area contributed by atoms with Crippen LogP contribution in [0.25, 0.3) is 0 Å². The van der Waals surface area contributed by atoms with Crippen LogP contribution in [0, 0.1) is 0 Å². The maximum Gasteiger partial charge on any atom is 0.211 e. The highest BCUT2D eigenvalue weighted by molar-refractivity contribution is 5.99. The Kier molecular flexibility index (Phi) is 3.13. The number of ether oxygens (including phenoxy) is 2. The molecule has 1 aliphatic heterocycles. The Morgan fingerprint density at radius 3 is 2.53 bits per heavy atom. The smallest absolute Gasteiger partial charge is 0.211 e. The fourth-order valence-electron chi connectivity index (χ4n) is 1.46. The normalized spacial score (nSPS) is 14.3. The van der Waals surface area contributed by atoms with Gasteiger partial charge in [-0.3, -0.25) is 0 Å². The van der Waals surface area contributed by atoms with E-state index in [4.69, 9.17) is 20.9 Å². The minimum Gasteiger partial charge on any atom is -0.486 e. The van der Waals surface area contributed by atoms with E-state index in [1.807, 2.05) is 25.1 Å². The first-order valence-corrected chi connectivity index (χ1v) is 5.20. The van der Waals surface area contributed by atoms with Gasteiger partial charge in [0.05, 0.1) is 5.71 Å². The van der Waals surface area contributed by atoms with Gasteiger partial charge >= 0.3 is 0 Å². The molecule has 6 heteroatoms.